The number of fused-ring (bicyclic) bond motifs is 2. The summed E-state index contributed by atoms with van der Waals surface area (Å²) in [6.45, 7) is 4.90. The number of nitrogens with zero attached hydrogens (tertiary/aromatic N) is 2. The maximum Gasteiger partial charge on any atom is 0.0994 e. The quantitative estimate of drug-likeness (QED) is 0.858. The molecule has 3 heteroatoms. The lowest BCUT2D eigenvalue weighted by Crippen LogP contribution is -2.15. The van der Waals surface area contributed by atoms with Gasteiger partial charge >= 0.3 is 0 Å². The molecule has 24 heavy (non-hydrogen) atoms. The first-order valence-corrected chi connectivity index (χ1v) is 8.71. The summed E-state index contributed by atoms with van der Waals surface area (Å²) < 4.78 is 0. The molecule has 3 nitrogen and oxygen atoms in total. The van der Waals surface area contributed by atoms with Crippen molar-refractivity contribution in [2.45, 2.75) is 26.2 Å². The standard InChI is InChI=1S/C21H23N3/c1-2-23-13-6-14-24-21-19-9-4-3-7-16(19)11-12-18-17(15-22)8-5-10-20(18)21/h3-5,7-10,23H,2,6,11-14H2,1H3/b24-21+. The van der Waals surface area contributed by atoms with Crippen LogP contribution in [0.4, 0.5) is 0 Å². The Hall–Kier alpha value is -2.44. The van der Waals surface area contributed by atoms with Gasteiger partial charge in [-0.25, -0.2) is 0 Å². The maximum atomic E-state index is 9.46. The van der Waals surface area contributed by atoms with Gasteiger partial charge in [0.05, 0.1) is 17.3 Å². The molecule has 3 rings (SSSR count). The van der Waals surface area contributed by atoms with Crippen LogP contribution in [-0.4, -0.2) is 25.3 Å². The van der Waals surface area contributed by atoms with E-state index in [0.717, 1.165) is 61.3 Å². The third kappa shape index (κ3) is 3.39. The first-order chi connectivity index (χ1) is 11.8. The van der Waals surface area contributed by atoms with Crippen LogP contribution in [0.3, 0.4) is 0 Å². The molecule has 0 heterocycles. The van der Waals surface area contributed by atoms with E-state index in [-0.39, 0.29) is 0 Å². The minimum Gasteiger partial charge on any atom is -0.317 e. The van der Waals surface area contributed by atoms with Crippen molar-refractivity contribution in [2.24, 2.45) is 4.99 Å². The first kappa shape index (κ1) is 16.4. The summed E-state index contributed by atoms with van der Waals surface area (Å²) in [7, 11) is 0. The number of hydrogen-bond acceptors (Lipinski definition) is 3. The molecule has 1 aliphatic carbocycles. The fourth-order valence-electron chi connectivity index (χ4n) is 3.30. The molecule has 0 atom stereocenters. The number of aryl methyl sites for hydroxylation is 1. The molecule has 0 aliphatic heterocycles. The van der Waals surface area contributed by atoms with Crippen molar-refractivity contribution < 1.29 is 0 Å². The van der Waals surface area contributed by atoms with Crippen molar-refractivity contribution in [2.75, 3.05) is 19.6 Å². The number of hydrogen-bond donors (Lipinski definition) is 1. The van der Waals surface area contributed by atoms with E-state index in [1.54, 1.807) is 0 Å². The van der Waals surface area contributed by atoms with Crippen LogP contribution >= 0.6 is 0 Å². The number of benzene rings is 2. The lowest BCUT2D eigenvalue weighted by atomic mass is 9.95. The van der Waals surface area contributed by atoms with Crippen LogP contribution in [0.15, 0.2) is 47.5 Å². The zero-order valence-corrected chi connectivity index (χ0v) is 14.2. The van der Waals surface area contributed by atoms with Crippen molar-refractivity contribution in [3.8, 4) is 6.07 Å². The highest BCUT2D eigenvalue weighted by atomic mass is 14.8. The maximum absolute atomic E-state index is 9.46. The number of nitriles is 1. The van der Waals surface area contributed by atoms with Gasteiger partial charge in [-0.2, -0.15) is 5.26 Å². The lowest BCUT2D eigenvalue weighted by Gasteiger charge is -2.11. The predicted molar refractivity (Wildman–Crippen MR) is 98.7 cm³/mol. The van der Waals surface area contributed by atoms with Crippen LogP contribution in [0.5, 0.6) is 0 Å². The van der Waals surface area contributed by atoms with E-state index in [0.29, 0.717) is 0 Å². The van der Waals surface area contributed by atoms with E-state index < -0.39 is 0 Å². The number of aliphatic imine (C=N–C) groups is 1. The molecule has 0 amide bonds. The van der Waals surface area contributed by atoms with Crippen LogP contribution in [0.2, 0.25) is 0 Å². The summed E-state index contributed by atoms with van der Waals surface area (Å²) in [4.78, 5) is 4.94. The molecule has 2 aromatic carbocycles. The minimum atomic E-state index is 0.778. The average molecular weight is 317 g/mol. The summed E-state index contributed by atoms with van der Waals surface area (Å²) in [6, 6.07) is 16.9. The van der Waals surface area contributed by atoms with Crippen molar-refractivity contribution in [1.82, 2.24) is 5.32 Å². The van der Waals surface area contributed by atoms with E-state index in [4.69, 9.17) is 4.99 Å². The molecule has 0 fully saturated rings. The van der Waals surface area contributed by atoms with Crippen LogP contribution in [0, 0.1) is 11.3 Å². The molecule has 0 saturated heterocycles. The molecular weight excluding hydrogens is 294 g/mol. The highest BCUT2D eigenvalue weighted by Crippen LogP contribution is 2.27. The van der Waals surface area contributed by atoms with Gasteiger partial charge in [0.2, 0.25) is 0 Å². The lowest BCUT2D eigenvalue weighted by molar-refractivity contribution is 0.680. The zero-order chi connectivity index (χ0) is 16.8. The van der Waals surface area contributed by atoms with Gasteiger partial charge in [-0.3, -0.25) is 4.99 Å². The molecule has 0 bridgehead atoms. The smallest absolute Gasteiger partial charge is 0.0994 e. The Balaban J connectivity index is 2.02. The molecule has 1 aliphatic rings. The fourth-order valence-corrected chi connectivity index (χ4v) is 3.30. The minimum absolute atomic E-state index is 0.778. The third-order valence-corrected chi connectivity index (χ3v) is 4.50. The molecule has 122 valence electrons. The number of rotatable bonds is 5. The second kappa shape index (κ2) is 7.90. The first-order valence-electron chi connectivity index (χ1n) is 8.71. The topological polar surface area (TPSA) is 48.2 Å². The average Bonchev–Trinajstić information content (AvgIpc) is 2.78. The van der Waals surface area contributed by atoms with E-state index in [9.17, 15) is 5.26 Å². The monoisotopic (exact) mass is 317 g/mol. The van der Waals surface area contributed by atoms with Gasteiger partial charge in [0, 0.05) is 17.7 Å². The Morgan fingerprint density at radius 1 is 1.08 bits per heavy atom. The molecule has 0 aromatic heterocycles. The van der Waals surface area contributed by atoms with Gasteiger partial charge in [-0.15, -0.1) is 0 Å². The van der Waals surface area contributed by atoms with Crippen molar-refractivity contribution in [3.63, 3.8) is 0 Å². The van der Waals surface area contributed by atoms with Crippen LogP contribution in [0.25, 0.3) is 0 Å². The molecule has 0 radical (unpaired) electrons. The van der Waals surface area contributed by atoms with Gasteiger partial charge in [0.25, 0.3) is 0 Å². The SMILES string of the molecule is CCNCCC/N=C1\c2ccccc2CCc2c(C#N)cccc21. The Kier molecular flexibility index (Phi) is 5.40. The van der Waals surface area contributed by atoms with Crippen molar-refractivity contribution in [1.29, 1.82) is 5.26 Å². The zero-order valence-electron chi connectivity index (χ0n) is 14.2. The Labute approximate surface area is 144 Å². The Morgan fingerprint density at radius 2 is 1.92 bits per heavy atom. The van der Waals surface area contributed by atoms with Gasteiger partial charge in [-0.1, -0.05) is 43.3 Å². The third-order valence-electron chi connectivity index (χ3n) is 4.50. The van der Waals surface area contributed by atoms with Crippen molar-refractivity contribution in [3.05, 3.63) is 70.3 Å². The van der Waals surface area contributed by atoms with Gasteiger partial charge in [-0.05, 0) is 49.5 Å². The van der Waals surface area contributed by atoms with Crippen LogP contribution in [-0.2, 0) is 12.8 Å². The molecule has 0 saturated carbocycles. The Bertz CT molecular complexity index is 784. The molecular formula is C21H23N3. The van der Waals surface area contributed by atoms with Crippen LogP contribution in [0.1, 0.15) is 41.2 Å². The second-order valence-corrected chi connectivity index (χ2v) is 6.04. The second-order valence-electron chi connectivity index (χ2n) is 6.04. The molecule has 1 N–H and O–H groups in total. The highest BCUT2D eigenvalue weighted by Gasteiger charge is 2.20. The van der Waals surface area contributed by atoms with E-state index >= 15 is 0 Å². The fraction of sp³-hybridized carbons (Fsp3) is 0.333. The van der Waals surface area contributed by atoms with Gasteiger partial charge < -0.3 is 5.32 Å². The normalized spacial score (nSPS) is 14.6. The summed E-state index contributed by atoms with van der Waals surface area (Å²) in [5.74, 6) is 0. The van der Waals surface area contributed by atoms with E-state index in [1.807, 2.05) is 12.1 Å². The van der Waals surface area contributed by atoms with Gasteiger partial charge in [0.15, 0.2) is 0 Å². The molecule has 0 unspecified atom stereocenters. The number of nitrogens with one attached hydrogen (secondary N) is 1. The predicted octanol–water partition coefficient (Wildman–Crippen LogP) is 3.49. The summed E-state index contributed by atoms with van der Waals surface area (Å²) in [5, 5.41) is 12.8. The van der Waals surface area contributed by atoms with Gasteiger partial charge in [0.1, 0.15) is 0 Å². The van der Waals surface area contributed by atoms with E-state index in [2.05, 4.69) is 48.6 Å². The van der Waals surface area contributed by atoms with E-state index in [1.165, 1.54) is 11.1 Å². The summed E-state index contributed by atoms with van der Waals surface area (Å²) in [5.41, 5.74) is 6.63. The largest absolute Gasteiger partial charge is 0.317 e. The highest BCUT2D eigenvalue weighted by molar-refractivity contribution is 6.15. The van der Waals surface area contributed by atoms with Crippen LogP contribution < -0.4 is 5.32 Å². The molecule has 2 aromatic rings. The summed E-state index contributed by atoms with van der Waals surface area (Å²) >= 11 is 0. The summed E-state index contributed by atoms with van der Waals surface area (Å²) in [6.07, 6.45) is 2.87. The Morgan fingerprint density at radius 3 is 2.75 bits per heavy atom. The van der Waals surface area contributed by atoms with Crippen molar-refractivity contribution >= 4 is 5.71 Å². The molecule has 0 spiro atoms.